The predicted octanol–water partition coefficient (Wildman–Crippen LogP) is 3.63. The minimum absolute atomic E-state index is 0.212. The molecule has 0 radical (unpaired) electrons. The van der Waals surface area contributed by atoms with Crippen LogP contribution in [0.2, 0.25) is 0 Å². The van der Waals surface area contributed by atoms with Gasteiger partial charge in [0.25, 0.3) is 0 Å². The highest BCUT2D eigenvalue weighted by Gasteiger charge is 2.39. The summed E-state index contributed by atoms with van der Waals surface area (Å²) in [5.74, 6) is 0.794. The molecule has 0 saturated carbocycles. The maximum atomic E-state index is 11.0. The van der Waals surface area contributed by atoms with Gasteiger partial charge in [-0.1, -0.05) is 39.8 Å². The lowest BCUT2D eigenvalue weighted by atomic mass is 9.81. The Balaban J connectivity index is 3.18. The Kier molecular flexibility index (Phi) is 6.50. The topological polar surface area (TPSA) is 32.7 Å². The predicted molar refractivity (Wildman–Crippen MR) is 84.2 cm³/mol. The molecule has 0 spiro atoms. The molecule has 114 valence electrons. The Labute approximate surface area is 123 Å². The van der Waals surface area contributed by atoms with Crippen LogP contribution in [0.15, 0.2) is 24.3 Å². The summed E-state index contributed by atoms with van der Waals surface area (Å²) in [6.07, 6.45) is 1.33. The summed E-state index contributed by atoms with van der Waals surface area (Å²) in [6.45, 7) is 10.5. The van der Waals surface area contributed by atoms with E-state index in [-0.39, 0.29) is 5.54 Å². The second kappa shape index (κ2) is 7.65. The van der Waals surface area contributed by atoms with Crippen LogP contribution in [0.1, 0.15) is 52.2 Å². The number of benzene rings is 1. The molecule has 1 unspecified atom stereocenters. The van der Waals surface area contributed by atoms with E-state index in [4.69, 9.17) is 4.74 Å². The van der Waals surface area contributed by atoms with Gasteiger partial charge in [-0.25, -0.2) is 0 Å². The van der Waals surface area contributed by atoms with Gasteiger partial charge in [0.15, 0.2) is 0 Å². The fraction of sp³-hybridized carbons (Fsp3) is 0.647. The minimum Gasteiger partial charge on any atom is -0.497 e. The third-order valence-corrected chi connectivity index (χ3v) is 4.54. The monoisotopic (exact) mass is 279 g/mol. The molecule has 1 aromatic carbocycles. The molecule has 1 N–H and O–H groups in total. The van der Waals surface area contributed by atoms with Crippen LogP contribution in [-0.2, 0) is 0 Å². The Morgan fingerprint density at radius 3 is 2.20 bits per heavy atom. The summed E-state index contributed by atoms with van der Waals surface area (Å²) in [4.78, 5) is 2.37. The Bertz CT molecular complexity index is 398. The highest BCUT2D eigenvalue weighted by molar-refractivity contribution is 5.31. The quantitative estimate of drug-likeness (QED) is 0.788. The van der Waals surface area contributed by atoms with Crippen LogP contribution in [-0.4, -0.2) is 35.7 Å². The van der Waals surface area contributed by atoms with E-state index in [1.54, 1.807) is 7.11 Å². The SMILES string of the molecule is CCN(CC)C(CC)(CC)C(O)c1cccc(OC)c1. The molecule has 1 atom stereocenters. The summed E-state index contributed by atoms with van der Waals surface area (Å²) in [5, 5.41) is 11.0. The summed E-state index contributed by atoms with van der Waals surface area (Å²) in [6, 6.07) is 7.77. The first-order valence-electron chi connectivity index (χ1n) is 7.66. The Morgan fingerprint density at radius 2 is 1.75 bits per heavy atom. The van der Waals surface area contributed by atoms with Crippen molar-refractivity contribution in [2.24, 2.45) is 0 Å². The number of ether oxygens (including phenoxy) is 1. The van der Waals surface area contributed by atoms with Crippen molar-refractivity contribution in [1.29, 1.82) is 0 Å². The lowest BCUT2D eigenvalue weighted by molar-refractivity contribution is -0.0366. The molecule has 0 bridgehead atoms. The van der Waals surface area contributed by atoms with E-state index in [2.05, 4.69) is 32.6 Å². The van der Waals surface area contributed by atoms with Crippen molar-refractivity contribution in [2.45, 2.75) is 52.2 Å². The average Bonchev–Trinajstić information content (AvgIpc) is 2.52. The molecule has 1 rings (SSSR count). The third kappa shape index (κ3) is 3.15. The van der Waals surface area contributed by atoms with Gasteiger partial charge in [0.1, 0.15) is 5.75 Å². The fourth-order valence-corrected chi connectivity index (χ4v) is 3.23. The van der Waals surface area contributed by atoms with E-state index in [1.165, 1.54) is 0 Å². The van der Waals surface area contributed by atoms with E-state index < -0.39 is 6.10 Å². The molecule has 0 aliphatic heterocycles. The van der Waals surface area contributed by atoms with E-state index >= 15 is 0 Å². The van der Waals surface area contributed by atoms with Crippen molar-refractivity contribution in [3.05, 3.63) is 29.8 Å². The zero-order chi connectivity index (χ0) is 15.2. The third-order valence-electron chi connectivity index (χ3n) is 4.54. The number of aliphatic hydroxyl groups excluding tert-OH is 1. The van der Waals surface area contributed by atoms with Gasteiger partial charge >= 0.3 is 0 Å². The molecular weight excluding hydrogens is 250 g/mol. The number of hydrogen-bond acceptors (Lipinski definition) is 3. The second-order valence-corrected chi connectivity index (χ2v) is 5.16. The van der Waals surface area contributed by atoms with E-state index in [0.717, 1.165) is 37.2 Å². The average molecular weight is 279 g/mol. The van der Waals surface area contributed by atoms with Crippen molar-refractivity contribution in [1.82, 2.24) is 4.90 Å². The first-order chi connectivity index (χ1) is 9.59. The summed E-state index contributed by atoms with van der Waals surface area (Å²) < 4.78 is 5.27. The lowest BCUT2D eigenvalue weighted by Crippen LogP contribution is -2.52. The molecular formula is C17H29NO2. The second-order valence-electron chi connectivity index (χ2n) is 5.16. The van der Waals surface area contributed by atoms with Gasteiger partial charge in [0.2, 0.25) is 0 Å². The molecule has 0 aliphatic carbocycles. The molecule has 0 aliphatic rings. The number of likely N-dealkylation sites (N-methyl/N-ethyl adjacent to an activating group) is 1. The Morgan fingerprint density at radius 1 is 1.15 bits per heavy atom. The Hall–Kier alpha value is -1.06. The smallest absolute Gasteiger partial charge is 0.119 e. The highest BCUT2D eigenvalue weighted by Crippen LogP contribution is 2.38. The number of methoxy groups -OCH3 is 1. The van der Waals surface area contributed by atoms with Crippen molar-refractivity contribution in [3.63, 3.8) is 0 Å². The van der Waals surface area contributed by atoms with Gasteiger partial charge in [0.05, 0.1) is 18.8 Å². The molecule has 3 heteroatoms. The molecule has 0 aromatic heterocycles. The molecule has 0 saturated heterocycles. The maximum absolute atomic E-state index is 11.0. The summed E-state index contributed by atoms with van der Waals surface area (Å²) in [5.41, 5.74) is 0.718. The van der Waals surface area contributed by atoms with Gasteiger partial charge in [-0.05, 0) is 43.6 Å². The first kappa shape index (κ1) is 17.0. The maximum Gasteiger partial charge on any atom is 0.119 e. The van der Waals surface area contributed by atoms with Crippen LogP contribution >= 0.6 is 0 Å². The minimum atomic E-state index is -0.507. The van der Waals surface area contributed by atoms with Gasteiger partial charge in [-0.3, -0.25) is 4.90 Å². The van der Waals surface area contributed by atoms with Crippen LogP contribution in [0.25, 0.3) is 0 Å². The van der Waals surface area contributed by atoms with E-state index in [9.17, 15) is 5.11 Å². The first-order valence-corrected chi connectivity index (χ1v) is 7.66. The standard InChI is InChI=1S/C17H29NO2/c1-6-17(7-2,18(8-3)9-4)16(19)14-11-10-12-15(13-14)20-5/h10-13,16,19H,6-9H2,1-5H3. The van der Waals surface area contributed by atoms with Crippen molar-refractivity contribution in [3.8, 4) is 5.75 Å². The largest absolute Gasteiger partial charge is 0.497 e. The number of nitrogens with zero attached hydrogens (tertiary/aromatic N) is 1. The van der Waals surface area contributed by atoms with Crippen LogP contribution < -0.4 is 4.74 Å². The zero-order valence-electron chi connectivity index (χ0n) is 13.5. The van der Waals surface area contributed by atoms with Gasteiger partial charge in [0, 0.05) is 0 Å². The summed E-state index contributed by atoms with van der Waals surface area (Å²) >= 11 is 0. The fourth-order valence-electron chi connectivity index (χ4n) is 3.23. The number of aliphatic hydroxyl groups is 1. The van der Waals surface area contributed by atoms with E-state index in [0.29, 0.717) is 0 Å². The number of rotatable bonds is 8. The van der Waals surface area contributed by atoms with Gasteiger partial charge < -0.3 is 9.84 Å². The summed E-state index contributed by atoms with van der Waals surface area (Å²) in [7, 11) is 1.66. The molecule has 3 nitrogen and oxygen atoms in total. The van der Waals surface area contributed by atoms with Crippen molar-refractivity contribution >= 4 is 0 Å². The number of hydrogen-bond donors (Lipinski definition) is 1. The molecule has 0 fully saturated rings. The van der Waals surface area contributed by atoms with Crippen LogP contribution in [0.5, 0.6) is 5.75 Å². The van der Waals surface area contributed by atoms with Crippen molar-refractivity contribution in [2.75, 3.05) is 20.2 Å². The van der Waals surface area contributed by atoms with Gasteiger partial charge in [-0.15, -0.1) is 0 Å². The molecule has 20 heavy (non-hydrogen) atoms. The highest BCUT2D eigenvalue weighted by atomic mass is 16.5. The van der Waals surface area contributed by atoms with Gasteiger partial charge in [-0.2, -0.15) is 0 Å². The zero-order valence-corrected chi connectivity index (χ0v) is 13.5. The van der Waals surface area contributed by atoms with Crippen LogP contribution in [0.4, 0.5) is 0 Å². The molecule has 0 heterocycles. The normalized spacial score (nSPS) is 13.6. The van der Waals surface area contributed by atoms with Crippen LogP contribution in [0, 0.1) is 0 Å². The molecule has 0 amide bonds. The lowest BCUT2D eigenvalue weighted by Gasteiger charge is -2.46. The molecule has 1 aromatic rings. The van der Waals surface area contributed by atoms with Crippen LogP contribution in [0.3, 0.4) is 0 Å². The van der Waals surface area contributed by atoms with E-state index in [1.807, 2.05) is 24.3 Å². The van der Waals surface area contributed by atoms with Crippen molar-refractivity contribution < 1.29 is 9.84 Å².